The minimum absolute atomic E-state index is 0.540. The summed E-state index contributed by atoms with van der Waals surface area (Å²) < 4.78 is 3.89. The summed E-state index contributed by atoms with van der Waals surface area (Å²) in [5.41, 5.74) is 11.3. The van der Waals surface area contributed by atoms with E-state index >= 15 is 0 Å². The quantitative estimate of drug-likeness (QED) is 0.309. The van der Waals surface area contributed by atoms with Crippen molar-refractivity contribution in [3.63, 3.8) is 0 Å². The van der Waals surface area contributed by atoms with E-state index in [1.54, 1.807) is 18.6 Å². The first-order chi connectivity index (χ1) is 19.2. The highest BCUT2D eigenvalue weighted by atomic mass is 15.3. The summed E-state index contributed by atoms with van der Waals surface area (Å²) in [4.78, 5) is 13.4. The molecule has 0 bridgehead atoms. The summed E-state index contributed by atoms with van der Waals surface area (Å²) >= 11 is 0. The van der Waals surface area contributed by atoms with Crippen LogP contribution in [-0.4, -0.2) is 34.5 Å². The number of anilines is 2. The van der Waals surface area contributed by atoms with E-state index in [0.29, 0.717) is 18.9 Å². The van der Waals surface area contributed by atoms with Crippen LogP contribution < -0.4 is 11.1 Å². The Labute approximate surface area is 224 Å². The molecule has 0 amide bonds. The molecule has 7 rings (SSSR count). The van der Waals surface area contributed by atoms with Crippen LogP contribution in [0.5, 0.6) is 0 Å². The van der Waals surface area contributed by atoms with Crippen LogP contribution in [0.2, 0.25) is 0 Å². The smallest absolute Gasteiger partial charge is 0.138 e. The largest absolute Gasteiger partial charge is 0.383 e. The molecule has 0 fully saturated rings. The van der Waals surface area contributed by atoms with E-state index in [0.717, 1.165) is 50.5 Å². The standard InChI is InChI=1S/C30H25N9/c31-29-24-7-6-22(14-23(24)8-12-33-29)15-34-30-26-19-39(37-28(26)25-16-32-11-9-27(25)36-30)18-21-4-2-20(3-5-21)17-38-13-1-10-35-38/h1-14,16,19H,15,17-18H2,(H2,31,33)(H,34,36). The zero-order valence-electron chi connectivity index (χ0n) is 21.1. The third-order valence-electron chi connectivity index (χ3n) is 6.89. The Balaban J connectivity index is 1.18. The van der Waals surface area contributed by atoms with E-state index in [1.807, 2.05) is 46.0 Å². The van der Waals surface area contributed by atoms with Crippen LogP contribution >= 0.6 is 0 Å². The van der Waals surface area contributed by atoms with E-state index in [1.165, 1.54) is 11.1 Å². The fourth-order valence-corrected chi connectivity index (χ4v) is 4.92. The van der Waals surface area contributed by atoms with E-state index in [2.05, 4.69) is 63.0 Å². The summed E-state index contributed by atoms with van der Waals surface area (Å²) in [6.45, 7) is 2.01. The highest BCUT2D eigenvalue weighted by Crippen LogP contribution is 2.29. The van der Waals surface area contributed by atoms with Gasteiger partial charge in [-0.1, -0.05) is 36.4 Å². The van der Waals surface area contributed by atoms with Gasteiger partial charge in [-0.2, -0.15) is 10.2 Å². The monoisotopic (exact) mass is 511 g/mol. The lowest BCUT2D eigenvalue weighted by Crippen LogP contribution is -2.02. The molecule has 5 aromatic heterocycles. The van der Waals surface area contributed by atoms with Gasteiger partial charge in [-0.3, -0.25) is 14.3 Å². The van der Waals surface area contributed by atoms with E-state index < -0.39 is 0 Å². The number of fused-ring (bicyclic) bond motifs is 4. The van der Waals surface area contributed by atoms with Crippen LogP contribution in [0.1, 0.15) is 16.7 Å². The van der Waals surface area contributed by atoms with Crippen LogP contribution in [0, 0.1) is 0 Å². The Morgan fingerprint density at radius 3 is 2.44 bits per heavy atom. The Hall–Kier alpha value is -5.31. The minimum atomic E-state index is 0.540. The van der Waals surface area contributed by atoms with E-state index in [9.17, 15) is 0 Å². The predicted octanol–water partition coefficient (Wildman–Crippen LogP) is 5.02. The molecule has 0 aliphatic rings. The van der Waals surface area contributed by atoms with Crippen LogP contribution in [0.3, 0.4) is 0 Å². The van der Waals surface area contributed by atoms with Gasteiger partial charge in [-0.25, -0.2) is 9.97 Å². The minimum Gasteiger partial charge on any atom is -0.383 e. The number of hydrogen-bond donors (Lipinski definition) is 2. The number of pyridine rings is 3. The Bertz CT molecular complexity index is 1920. The highest BCUT2D eigenvalue weighted by Gasteiger charge is 2.13. The normalized spacial score (nSPS) is 11.5. The lowest BCUT2D eigenvalue weighted by Gasteiger charge is -2.09. The maximum absolute atomic E-state index is 6.02. The molecular formula is C30H25N9. The first kappa shape index (κ1) is 22.9. The average molecular weight is 512 g/mol. The highest BCUT2D eigenvalue weighted by molar-refractivity contribution is 6.07. The van der Waals surface area contributed by atoms with Crippen LogP contribution in [0.4, 0.5) is 11.6 Å². The zero-order valence-corrected chi connectivity index (χ0v) is 21.1. The molecule has 0 unspecified atom stereocenters. The molecule has 0 atom stereocenters. The molecule has 9 nitrogen and oxygen atoms in total. The summed E-state index contributed by atoms with van der Waals surface area (Å²) in [7, 11) is 0. The molecule has 0 radical (unpaired) electrons. The molecule has 7 aromatic rings. The summed E-state index contributed by atoms with van der Waals surface area (Å²) in [5.74, 6) is 1.33. The lowest BCUT2D eigenvalue weighted by molar-refractivity contribution is 0.682. The van der Waals surface area contributed by atoms with Crippen molar-refractivity contribution in [3.8, 4) is 0 Å². The van der Waals surface area contributed by atoms with Crippen molar-refractivity contribution in [3.05, 3.63) is 115 Å². The molecule has 0 spiro atoms. The van der Waals surface area contributed by atoms with Crippen molar-refractivity contribution in [1.82, 2.24) is 34.5 Å². The fourth-order valence-electron chi connectivity index (χ4n) is 4.92. The van der Waals surface area contributed by atoms with Gasteiger partial charge in [0.25, 0.3) is 0 Å². The molecule has 9 heteroatoms. The Morgan fingerprint density at radius 1 is 0.795 bits per heavy atom. The molecule has 0 aliphatic heterocycles. The number of nitrogens with one attached hydrogen (secondary N) is 1. The van der Waals surface area contributed by atoms with Gasteiger partial charge in [0.2, 0.25) is 0 Å². The lowest BCUT2D eigenvalue weighted by atomic mass is 10.1. The van der Waals surface area contributed by atoms with Crippen LogP contribution in [0.25, 0.3) is 32.6 Å². The molecule has 5 heterocycles. The summed E-state index contributed by atoms with van der Waals surface area (Å²) in [6, 6.07) is 20.6. The summed E-state index contributed by atoms with van der Waals surface area (Å²) in [5, 5.41) is 16.7. The zero-order chi connectivity index (χ0) is 26.2. The van der Waals surface area contributed by atoms with E-state index in [4.69, 9.17) is 15.8 Å². The van der Waals surface area contributed by atoms with Crippen molar-refractivity contribution < 1.29 is 0 Å². The number of nitrogen functional groups attached to an aromatic ring is 1. The molecule has 39 heavy (non-hydrogen) atoms. The van der Waals surface area contributed by atoms with Crippen molar-refractivity contribution >= 4 is 44.2 Å². The number of benzene rings is 2. The molecule has 2 aromatic carbocycles. The van der Waals surface area contributed by atoms with Gasteiger partial charge in [0, 0.05) is 54.5 Å². The Kier molecular flexibility index (Phi) is 5.59. The second-order valence-electron chi connectivity index (χ2n) is 9.57. The number of hydrogen-bond acceptors (Lipinski definition) is 7. The third kappa shape index (κ3) is 4.50. The van der Waals surface area contributed by atoms with Gasteiger partial charge in [0.15, 0.2) is 0 Å². The van der Waals surface area contributed by atoms with Crippen LogP contribution in [0.15, 0.2) is 97.8 Å². The number of aromatic nitrogens is 7. The van der Waals surface area contributed by atoms with Crippen molar-refractivity contribution in [2.45, 2.75) is 19.6 Å². The Morgan fingerprint density at radius 2 is 1.62 bits per heavy atom. The summed E-state index contributed by atoms with van der Waals surface area (Å²) in [6.07, 6.45) is 11.1. The van der Waals surface area contributed by atoms with Gasteiger partial charge in [0.1, 0.15) is 17.2 Å². The molecular weight excluding hydrogens is 486 g/mol. The van der Waals surface area contributed by atoms with Gasteiger partial charge in [0.05, 0.1) is 24.0 Å². The maximum Gasteiger partial charge on any atom is 0.138 e. The molecule has 190 valence electrons. The van der Waals surface area contributed by atoms with Crippen molar-refractivity contribution in [2.24, 2.45) is 0 Å². The van der Waals surface area contributed by atoms with Gasteiger partial charge >= 0.3 is 0 Å². The van der Waals surface area contributed by atoms with Gasteiger partial charge in [-0.15, -0.1) is 0 Å². The maximum atomic E-state index is 6.02. The molecule has 0 saturated carbocycles. The van der Waals surface area contributed by atoms with Crippen LogP contribution in [-0.2, 0) is 19.6 Å². The van der Waals surface area contributed by atoms with E-state index in [-0.39, 0.29) is 0 Å². The topological polar surface area (TPSA) is 112 Å². The average Bonchev–Trinajstić information content (AvgIpc) is 3.63. The molecule has 0 aliphatic carbocycles. The fraction of sp³-hybridized carbons (Fsp3) is 0.100. The second kappa shape index (κ2) is 9.53. The predicted molar refractivity (Wildman–Crippen MR) is 153 cm³/mol. The number of nitrogens with zero attached hydrogens (tertiary/aromatic N) is 7. The van der Waals surface area contributed by atoms with Gasteiger partial charge < -0.3 is 11.1 Å². The molecule has 3 N–H and O–H groups in total. The first-order valence-corrected chi connectivity index (χ1v) is 12.7. The molecule has 0 saturated heterocycles. The third-order valence-corrected chi connectivity index (χ3v) is 6.89. The van der Waals surface area contributed by atoms with Crippen molar-refractivity contribution in [2.75, 3.05) is 11.1 Å². The second-order valence-corrected chi connectivity index (χ2v) is 9.57. The number of rotatable bonds is 7. The SMILES string of the molecule is Nc1nccc2cc(CNc3nc4ccncc4c4nn(Cc5ccc(Cn6cccn6)cc5)cc34)ccc12. The first-order valence-electron chi connectivity index (χ1n) is 12.7. The number of nitrogens with two attached hydrogens (primary N) is 1. The van der Waals surface area contributed by atoms with Crippen molar-refractivity contribution in [1.29, 1.82) is 0 Å². The van der Waals surface area contributed by atoms with Gasteiger partial charge in [-0.05, 0) is 46.3 Å².